The second-order valence-corrected chi connectivity index (χ2v) is 11.2. The minimum absolute atomic E-state index is 0.0955. The van der Waals surface area contributed by atoms with Gasteiger partial charge in [0, 0.05) is 42.9 Å². The van der Waals surface area contributed by atoms with Crippen LogP contribution in [0.1, 0.15) is 55.2 Å². The van der Waals surface area contributed by atoms with Crippen LogP contribution in [0.3, 0.4) is 0 Å². The number of nitrogens with zero attached hydrogens (tertiary/aromatic N) is 3. The zero-order valence-electron chi connectivity index (χ0n) is 20.8. The van der Waals surface area contributed by atoms with Gasteiger partial charge in [-0.3, -0.25) is 9.78 Å². The maximum absolute atomic E-state index is 15.2. The fourth-order valence-corrected chi connectivity index (χ4v) is 6.76. The Morgan fingerprint density at radius 2 is 2.17 bits per heavy atom. The summed E-state index contributed by atoms with van der Waals surface area (Å²) in [6, 6.07) is 9.75. The van der Waals surface area contributed by atoms with E-state index in [0.717, 1.165) is 56.5 Å². The van der Waals surface area contributed by atoms with Gasteiger partial charge in [0.1, 0.15) is 5.82 Å². The largest absolute Gasteiger partial charge is 0.365 e. The highest BCUT2D eigenvalue weighted by Gasteiger charge is 2.43. The van der Waals surface area contributed by atoms with Crippen LogP contribution in [0.25, 0.3) is 11.3 Å². The van der Waals surface area contributed by atoms with Gasteiger partial charge in [0.2, 0.25) is 0 Å². The number of hydrogen-bond donors (Lipinski definition) is 1. The standard InChI is InChI=1S/C29H33FN4O2/c1-34-8-6-29(7-9-34)24-14-26(32-16-22(24)17-36-29)20-3-2-19(25(30)13-20)10-18(15-31)11-27(35)28-21-4-5-23(12-21)33-28/h2-3,13-14,16,18,21,23,28,33H,4-12,17H2,1H3/t18-,21+,23-,28+/m1/s1. The lowest BCUT2D eigenvalue weighted by molar-refractivity contribution is -0.122. The van der Waals surface area contributed by atoms with Crippen molar-refractivity contribution in [1.29, 1.82) is 5.26 Å². The SMILES string of the molecule is CN1CCC2(CC1)OCc1cnc(-c3ccc(C[C@@H](C#N)CC(=O)[C@H]4N[C@@H]5CC[C@H]4C5)c(F)c3)cc12. The van der Waals surface area contributed by atoms with Crippen molar-refractivity contribution >= 4 is 5.78 Å². The molecule has 0 radical (unpaired) electrons. The van der Waals surface area contributed by atoms with Crippen molar-refractivity contribution in [3.05, 3.63) is 53.0 Å². The average molecular weight is 489 g/mol. The fourth-order valence-electron chi connectivity index (χ4n) is 6.76. The normalized spacial score (nSPS) is 27.2. The van der Waals surface area contributed by atoms with Gasteiger partial charge < -0.3 is 15.0 Å². The third kappa shape index (κ3) is 4.26. The first-order chi connectivity index (χ1) is 17.4. The summed E-state index contributed by atoms with van der Waals surface area (Å²) in [7, 11) is 2.13. The summed E-state index contributed by atoms with van der Waals surface area (Å²) in [6.45, 7) is 2.55. The summed E-state index contributed by atoms with van der Waals surface area (Å²) in [4.78, 5) is 19.8. The van der Waals surface area contributed by atoms with Crippen LogP contribution in [0, 0.1) is 29.0 Å². The smallest absolute Gasteiger partial charge is 0.151 e. The topological polar surface area (TPSA) is 78.2 Å². The van der Waals surface area contributed by atoms with Crippen molar-refractivity contribution in [3.63, 3.8) is 0 Å². The summed E-state index contributed by atoms with van der Waals surface area (Å²) < 4.78 is 21.5. The van der Waals surface area contributed by atoms with Crippen LogP contribution in [0.15, 0.2) is 30.5 Å². The van der Waals surface area contributed by atoms with Crippen LogP contribution < -0.4 is 5.32 Å². The number of ketones is 1. The molecule has 1 N–H and O–H groups in total. The van der Waals surface area contributed by atoms with Gasteiger partial charge in [0.05, 0.1) is 35.9 Å². The van der Waals surface area contributed by atoms with Gasteiger partial charge in [-0.25, -0.2) is 4.39 Å². The van der Waals surface area contributed by atoms with Gasteiger partial charge in [0.15, 0.2) is 5.78 Å². The number of hydrogen-bond acceptors (Lipinski definition) is 6. The molecule has 7 heteroatoms. The summed E-state index contributed by atoms with van der Waals surface area (Å²) in [5, 5.41) is 13.1. The molecule has 4 atom stereocenters. The van der Waals surface area contributed by atoms with Crippen molar-refractivity contribution < 1.29 is 13.9 Å². The molecule has 36 heavy (non-hydrogen) atoms. The molecule has 4 heterocycles. The fraction of sp³-hybridized carbons (Fsp3) is 0.552. The number of fused-ring (bicyclic) bond motifs is 4. The summed E-state index contributed by atoms with van der Waals surface area (Å²) in [5.74, 6) is -0.390. The number of pyridine rings is 1. The third-order valence-corrected chi connectivity index (χ3v) is 8.93. The second-order valence-electron chi connectivity index (χ2n) is 11.2. The highest BCUT2D eigenvalue weighted by molar-refractivity contribution is 5.85. The minimum atomic E-state index is -0.529. The summed E-state index contributed by atoms with van der Waals surface area (Å²) in [5.41, 5.74) is 3.95. The van der Waals surface area contributed by atoms with E-state index in [4.69, 9.17) is 4.74 Å². The van der Waals surface area contributed by atoms with Crippen molar-refractivity contribution in [2.45, 2.75) is 69.2 Å². The van der Waals surface area contributed by atoms with Gasteiger partial charge in [-0.05, 0) is 74.8 Å². The first-order valence-corrected chi connectivity index (χ1v) is 13.2. The lowest BCUT2D eigenvalue weighted by Gasteiger charge is -2.37. The molecule has 6 rings (SSSR count). The van der Waals surface area contributed by atoms with Crippen molar-refractivity contribution in [1.82, 2.24) is 15.2 Å². The highest BCUT2D eigenvalue weighted by Crippen LogP contribution is 2.44. The molecule has 1 saturated carbocycles. The van der Waals surface area contributed by atoms with Gasteiger partial charge in [-0.1, -0.05) is 12.1 Å². The molecule has 0 unspecified atom stereocenters. The van der Waals surface area contributed by atoms with Crippen LogP contribution in [0.4, 0.5) is 4.39 Å². The average Bonchev–Trinajstić information content (AvgIpc) is 3.62. The number of nitrogens with one attached hydrogen (secondary N) is 1. The Labute approximate surface area is 211 Å². The number of aromatic nitrogens is 1. The lowest BCUT2D eigenvalue weighted by Crippen LogP contribution is -2.42. The quantitative estimate of drug-likeness (QED) is 0.659. The Bertz CT molecular complexity index is 1220. The molecule has 1 aromatic heterocycles. The molecule has 6 nitrogen and oxygen atoms in total. The van der Waals surface area contributed by atoms with E-state index in [1.807, 2.05) is 12.3 Å². The van der Waals surface area contributed by atoms with Crippen LogP contribution in [0.2, 0.25) is 0 Å². The molecule has 1 spiro atoms. The highest BCUT2D eigenvalue weighted by atomic mass is 19.1. The number of benzene rings is 1. The number of Topliss-reactive ketones (excluding diaryl/α,β-unsaturated/α-hetero) is 1. The Morgan fingerprint density at radius 3 is 2.86 bits per heavy atom. The molecule has 188 valence electrons. The number of ether oxygens (including phenoxy) is 1. The Balaban J connectivity index is 1.17. The van der Waals surface area contributed by atoms with Crippen molar-refractivity contribution in [3.8, 4) is 17.3 Å². The second kappa shape index (κ2) is 9.33. The van der Waals surface area contributed by atoms with Gasteiger partial charge >= 0.3 is 0 Å². The van der Waals surface area contributed by atoms with E-state index in [9.17, 15) is 10.1 Å². The molecule has 1 aromatic carbocycles. The minimum Gasteiger partial charge on any atom is -0.365 e. The molecule has 2 saturated heterocycles. The molecule has 2 aromatic rings. The Kier molecular flexibility index (Phi) is 6.15. The number of likely N-dealkylation sites (tertiary alicyclic amines) is 1. The predicted molar refractivity (Wildman–Crippen MR) is 133 cm³/mol. The van der Waals surface area contributed by atoms with Crippen LogP contribution >= 0.6 is 0 Å². The molecule has 0 amide bonds. The monoisotopic (exact) mass is 488 g/mol. The zero-order valence-corrected chi connectivity index (χ0v) is 20.8. The van der Waals surface area contributed by atoms with Gasteiger partial charge in [0.25, 0.3) is 0 Å². The first-order valence-electron chi connectivity index (χ1n) is 13.2. The predicted octanol–water partition coefficient (Wildman–Crippen LogP) is 4.12. The van der Waals surface area contributed by atoms with E-state index in [0.29, 0.717) is 29.7 Å². The molecule has 3 fully saturated rings. The maximum Gasteiger partial charge on any atom is 0.151 e. The maximum atomic E-state index is 15.2. The van der Waals surface area contributed by atoms with E-state index >= 15 is 4.39 Å². The number of nitriles is 1. The molecular weight excluding hydrogens is 455 g/mol. The van der Waals surface area contributed by atoms with E-state index in [-0.39, 0.29) is 36.1 Å². The number of halogens is 1. The number of carbonyl (C=O) groups is 1. The zero-order chi connectivity index (χ0) is 24.9. The van der Waals surface area contributed by atoms with Gasteiger partial charge in [-0.2, -0.15) is 5.26 Å². The van der Waals surface area contributed by atoms with E-state index in [1.54, 1.807) is 6.07 Å². The molecular formula is C29H33FN4O2. The Morgan fingerprint density at radius 1 is 1.33 bits per heavy atom. The molecule has 4 aliphatic rings. The van der Waals surface area contributed by atoms with E-state index < -0.39 is 5.92 Å². The number of piperidine rings is 2. The van der Waals surface area contributed by atoms with Crippen LogP contribution in [-0.4, -0.2) is 47.9 Å². The third-order valence-electron chi connectivity index (χ3n) is 8.93. The lowest BCUT2D eigenvalue weighted by atomic mass is 9.83. The van der Waals surface area contributed by atoms with Crippen LogP contribution in [0.5, 0.6) is 0 Å². The van der Waals surface area contributed by atoms with Crippen molar-refractivity contribution in [2.75, 3.05) is 20.1 Å². The van der Waals surface area contributed by atoms with E-state index in [2.05, 4.69) is 34.4 Å². The molecule has 1 aliphatic carbocycles. The summed E-state index contributed by atoms with van der Waals surface area (Å²) >= 11 is 0. The van der Waals surface area contributed by atoms with Gasteiger partial charge in [-0.15, -0.1) is 0 Å². The van der Waals surface area contributed by atoms with Crippen molar-refractivity contribution in [2.24, 2.45) is 11.8 Å². The number of rotatable bonds is 6. The summed E-state index contributed by atoms with van der Waals surface area (Å²) in [6.07, 6.45) is 7.44. The van der Waals surface area contributed by atoms with E-state index in [1.165, 1.54) is 11.6 Å². The molecule has 3 aliphatic heterocycles. The molecule has 2 bridgehead atoms. The first kappa shape index (κ1) is 23.7. The van der Waals surface area contributed by atoms with Crippen LogP contribution in [-0.2, 0) is 28.2 Å². The number of carbonyl (C=O) groups excluding carboxylic acids is 1. The Hall–Kier alpha value is -2.66.